The van der Waals surface area contributed by atoms with Crippen LogP contribution in [0.4, 0.5) is 8.78 Å². The van der Waals surface area contributed by atoms with Crippen LogP contribution in [0.5, 0.6) is 0 Å². The fourth-order valence-corrected chi connectivity index (χ4v) is 2.26. The zero-order valence-electron chi connectivity index (χ0n) is 10.4. The molecule has 4 heteroatoms. The van der Waals surface area contributed by atoms with Gasteiger partial charge in [0.2, 0.25) is 0 Å². The van der Waals surface area contributed by atoms with Gasteiger partial charge < -0.3 is 5.11 Å². The smallest absolute Gasteiger partial charge is 0.132 e. The molecular formula is C16H11F2NO. The lowest BCUT2D eigenvalue weighted by molar-refractivity contribution is 0.216. The fourth-order valence-electron chi connectivity index (χ4n) is 2.26. The molecule has 1 unspecified atom stereocenters. The Balaban J connectivity index is 2.15. The van der Waals surface area contributed by atoms with Crippen LogP contribution < -0.4 is 0 Å². The summed E-state index contributed by atoms with van der Waals surface area (Å²) in [5.41, 5.74) is 1.30. The Bertz CT molecular complexity index is 768. The predicted molar refractivity (Wildman–Crippen MR) is 72.2 cm³/mol. The number of benzene rings is 2. The number of aliphatic hydroxyl groups excluding tert-OH is 1. The van der Waals surface area contributed by atoms with Crippen molar-refractivity contribution in [2.24, 2.45) is 0 Å². The minimum Gasteiger partial charge on any atom is -0.384 e. The van der Waals surface area contributed by atoms with Crippen LogP contribution in [0.25, 0.3) is 10.9 Å². The maximum absolute atomic E-state index is 13.8. The first-order chi connectivity index (χ1) is 9.66. The third-order valence-electron chi connectivity index (χ3n) is 3.23. The number of pyridine rings is 1. The number of halogens is 2. The summed E-state index contributed by atoms with van der Waals surface area (Å²) in [6, 6.07) is 12.0. The van der Waals surface area contributed by atoms with Gasteiger partial charge in [0.15, 0.2) is 0 Å². The van der Waals surface area contributed by atoms with Crippen LogP contribution in [0.2, 0.25) is 0 Å². The summed E-state index contributed by atoms with van der Waals surface area (Å²) < 4.78 is 26.7. The molecule has 3 rings (SSSR count). The SMILES string of the molecule is OC(c1ccc(F)cc1F)c1cccc2ncccc12. The molecule has 0 spiro atoms. The third-order valence-corrected chi connectivity index (χ3v) is 3.23. The van der Waals surface area contributed by atoms with E-state index in [9.17, 15) is 13.9 Å². The molecule has 0 amide bonds. The molecule has 1 heterocycles. The van der Waals surface area contributed by atoms with E-state index in [-0.39, 0.29) is 5.56 Å². The highest BCUT2D eigenvalue weighted by molar-refractivity contribution is 5.82. The van der Waals surface area contributed by atoms with E-state index in [1.165, 1.54) is 6.07 Å². The zero-order valence-corrected chi connectivity index (χ0v) is 10.4. The molecule has 0 fully saturated rings. The van der Waals surface area contributed by atoms with Gasteiger partial charge in [0.05, 0.1) is 5.52 Å². The molecule has 0 saturated carbocycles. The highest BCUT2D eigenvalue weighted by Crippen LogP contribution is 2.29. The Hall–Kier alpha value is -2.33. The predicted octanol–water partition coefficient (Wildman–Crippen LogP) is 3.59. The van der Waals surface area contributed by atoms with Crippen molar-refractivity contribution in [3.05, 3.63) is 77.5 Å². The molecule has 3 aromatic rings. The lowest BCUT2D eigenvalue weighted by Crippen LogP contribution is -2.04. The van der Waals surface area contributed by atoms with Crippen LogP contribution in [-0.4, -0.2) is 10.1 Å². The van der Waals surface area contributed by atoms with Crippen LogP contribution >= 0.6 is 0 Å². The summed E-state index contributed by atoms with van der Waals surface area (Å²) in [5.74, 6) is -1.43. The molecule has 0 saturated heterocycles. The highest BCUT2D eigenvalue weighted by Gasteiger charge is 2.17. The van der Waals surface area contributed by atoms with Crippen molar-refractivity contribution in [2.75, 3.05) is 0 Å². The minimum atomic E-state index is -1.16. The second kappa shape index (κ2) is 4.98. The molecule has 0 bridgehead atoms. The first-order valence-electron chi connectivity index (χ1n) is 6.13. The van der Waals surface area contributed by atoms with Crippen molar-refractivity contribution in [2.45, 2.75) is 6.10 Å². The number of nitrogens with zero attached hydrogens (tertiary/aromatic N) is 1. The maximum Gasteiger partial charge on any atom is 0.132 e. The van der Waals surface area contributed by atoms with Gasteiger partial charge in [-0.15, -0.1) is 0 Å². The van der Waals surface area contributed by atoms with E-state index >= 15 is 0 Å². The lowest BCUT2D eigenvalue weighted by Gasteiger charge is -2.14. The summed E-state index contributed by atoms with van der Waals surface area (Å²) in [6.45, 7) is 0. The van der Waals surface area contributed by atoms with E-state index < -0.39 is 17.7 Å². The van der Waals surface area contributed by atoms with E-state index in [1.54, 1.807) is 24.4 Å². The average Bonchev–Trinajstić information content (AvgIpc) is 2.46. The molecular weight excluding hydrogens is 260 g/mol. The number of rotatable bonds is 2. The van der Waals surface area contributed by atoms with Crippen LogP contribution in [-0.2, 0) is 0 Å². The number of aromatic nitrogens is 1. The number of hydrogen-bond acceptors (Lipinski definition) is 2. The Morgan fingerprint density at radius 3 is 2.60 bits per heavy atom. The first-order valence-corrected chi connectivity index (χ1v) is 6.13. The molecule has 0 aliphatic carbocycles. The maximum atomic E-state index is 13.8. The normalized spacial score (nSPS) is 12.6. The summed E-state index contributed by atoms with van der Waals surface area (Å²) in [4.78, 5) is 4.19. The topological polar surface area (TPSA) is 33.1 Å². The second-order valence-electron chi connectivity index (χ2n) is 4.49. The van der Waals surface area contributed by atoms with Crippen LogP contribution in [0.15, 0.2) is 54.7 Å². The van der Waals surface area contributed by atoms with Gasteiger partial charge in [0, 0.05) is 23.2 Å². The van der Waals surface area contributed by atoms with Gasteiger partial charge in [0.1, 0.15) is 17.7 Å². The summed E-state index contributed by atoms with van der Waals surface area (Å²) >= 11 is 0. The molecule has 2 aromatic carbocycles. The lowest BCUT2D eigenvalue weighted by atomic mass is 9.97. The van der Waals surface area contributed by atoms with Crippen LogP contribution in [0.1, 0.15) is 17.2 Å². The second-order valence-corrected chi connectivity index (χ2v) is 4.49. The molecule has 0 aliphatic heterocycles. The van der Waals surface area contributed by atoms with Crippen molar-refractivity contribution in [1.29, 1.82) is 0 Å². The van der Waals surface area contributed by atoms with E-state index in [1.807, 2.05) is 12.1 Å². The Morgan fingerprint density at radius 1 is 0.950 bits per heavy atom. The van der Waals surface area contributed by atoms with Gasteiger partial charge >= 0.3 is 0 Å². The van der Waals surface area contributed by atoms with Crippen LogP contribution in [0, 0.1) is 11.6 Å². The average molecular weight is 271 g/mol. The largest absolute Gasteiger partial charge is 0.384 e. The van der Waals surface area contributed by atoms with Crippen molar-refractivity contribution in [1.82, 2.24) is 4.98 Å². The minimum absolute atomic E-state index is 0.0442. The monoisotopic (exact) mass is 271 g/mol. The van der Waals surface area contributed by atoms with Gasteiger partial charge in [-0.2, -0.15) is 0 Å². The van der Waals surface area contributed by atoms with Crippen molar-refractivity contribution >= 4 is 10.9 Å². The quantitative estimate of drug-likeness (QED) is 0.772. The molecule has 0 radical (unpaired) electrons. The Morgan fingerprint density at radius 2 is 1.80 bits per heavy atom. The van der Waals surface area contributed by atoms with Gasteiger partial charge in [-0.25, -0.2) is 8.78 Å². The summed E-state index contributed by atoms with van der Waals surface area (Å²) in [7, 11) is 0. The summed E-state index contributed by atoms with van der Waals surface area (Å²) in [5, 5.41) is 11.1. The Kier molecular flexibility index (Phi) is 3.16. The number of hydrogen-bond donors (Lipinski definition) is 1. The van der Waals surface area contributed by atoms with E-state index in [0.29, 0.717) is 11.1 Å². The fraction of sp³-hybridized carbons (Fsp3) is 0.0625. The van der Waals surface area contributed by atoms with E-state index in [2.05, 4.69) is 4.98 Å². The zero-order chi connectivity index (χ0) is 14.1. The van der Waals surface area contributed by atoms with Crippen molar-refractivity contribution < 1.29 is 13.9 Å². The van der Waals surface area contributed by atoms with Gasteiger partial charge in [-0.3, -0.25) is 4.98 Å². The third kappa shape index (κ3) is 2.14. The van der Waals surface area contributed by atoms with Crippen molar-refractivity contribution in [3.8, 4) is 0 Å². The molecule has 0 aliphatic rings. The number of aliphatic hydroxyl groups is 1. The van der Waals surface area contributed by atoms with E-state index in [4.69, 9.17) is 0 Å². The molecule has 100 valence electrons. The van der Waals surface area contributed by atoms with Crippen LogP contribution in [0.3, 0.4) is 0 Å². The number of fused-ring (bicyclic) bond motifs is 1. The highest BCUT2D eigenvalue weighted by atomic mass is 19.1. The van der Waals surface area contributed by atoms with Gasteiger partial charge in [0.25, 0.3) is 0 Å². The molecule has 1 atom stereocenters. The molecule has 2 nitrogen and oxygen atoms in total. The summed E-state index contributed by atoms with van der Waals surface area (Å²) in [6.07, 6.45) is 0.486. The molecule has 20 heavy (non-hydrogen) atoms. The molecule has 1 N–H and O–H groups in total. The van der Waals surface area contributed by atoms with E-state index in [0.717, 1.165) is 17.5 Å². The molecule has 1 aromatic heterocycles. The standard InChI is InChI=1S/C16H11F2NO/c17-10-6-7-13(14(18)9-10)16(20)12-3-1-5-15-11(12)4-2-8-19-15/h1-9,16,20H. The first kappa shape index (κ1) is 12.7. The van der Waals surface area contributed by atoms with Crippen molar-refractivity contribution in [3.63, 3.8) is 0 Å². The van der Waals surface area contributed by atoms with Gasteiger partial charge in [-0.05, 0) is 23.8 Å². The Labute approximate surface area is 114 Å². The van der Waals surface area contributed by atoms with Gasteiger partial charge in [-0.1, -0.05) is 24.3 Å².